The molecule has 0 aliphatic heterocycles. The van der Waals surface area contributed by atoms with Gasteiger partial charge in [0.05, 0.1) is 5.35 Å². The lowest BCUT2D eigenvalue weighted by Gasteiger charge is -1.90. The van der Waals surface area contributed by atoms with Crippen LogP contribution in [0.5, 0.6) is 0 Å². The molecule has 5 aliphatic carbocycles. The molecule has 12 heavy (non-hydrogen) atoms. The monoisotopic (exact) mass is 151 g/mol. The number of fused-ring (bicyclic) bond motifs is 1. The van der Waals surface area contributed by atoms with E-state index in [0.29, 0.717) is 0 Å². The van der Waals surface area contributed by atoms with Crippen molar-refractivity contribution in [2.75, 3.05) is 0 Å². The molecule has 0 aromatic carbocycles. The van der Waals surface area contributed by atoms with Gasteiger partial charge in [0.2, 0.25) is 0 Å². The summed E-state index contributed by atoms with van der Waals surface area (Å²) >= 11 is 0. The fourth-order valence-corrected chi connectivity index (χ4v) is 3.10. The van der Waals surface area contributed by atoms with Crippen LogP contribution in [0.2, 0.25) is 0 Å². The summed E-state index contributed by atoms with van der Waals surface area (Å²) in [6.45, 7) is 0. The number of aromatic amines is 1. The van der Waals surface area contributed by atoms with Gasteiger partial charge in [-0.2, -0.15) is 0 Å². The quantitative estimate of drug-likeness (QED) is 0.545. The van der Waals surface area contributed by atoms with E-state index < -0.39 is 0 Å². The zero-order chi connectivity index (χ0) is 7.45. The zero-order valence-electron chi connectivity index (χ0n) is 6.31. The minimum atomic E-state index is 0.751. The summed E-state index contributed by atoms with van der Waals surface area (Å²) in [6, 6.07) is 2.20. The predicted molar refractivity (Wildman–Crippen MR) is 45.5 cm³/mol. The minimum Gasteiger partial charge on any atom is -0.361 e. The van der Waals surface area contributed by atoms with Gasteiger partial charge in [-0.25, -0.2) is 0 Å². The third kappa shape index (κ3) is 0.221. The summed E-state index contributed by atoms with van der Waals surface area (Å²) in [5.74, 6) is 0.751. The molecule has 1 heteroatoms. The Morgan fingerprint density at radius 1 is 1.25 bits per heavy atom. The molecule has 1 N–H and O–H groups in total. The van der Waals surface area contributed by atoms with Gasteiger partial charge in [0.25, 0.3) is 0 Å². The first kappa shape index (κ1) is 4.51. The molecule has 54 valence electrons. The molecule has 0 saturated heterocycles. The highest BCUT2D eigenvalue weighted by molar-refractivity contribution is 6.17. The average molecular weight is 151 g/mol. The van der Waals surface area contributed by atoms with E-state index in [0.717, 1.165) is 5.92 Å². The highest BCUT2D eigenvalue weighted by Crippen LogP contribution is 2.68. The fourth-order valence-electron chi connectivity index (χ4n) is 3.10. The van der Waals surface area contributed by atoms with Gasteiger partial charge in [0.1, 0.15) is 0 Å². The molecule has 1 heterocycles. The van der Waals surface area contributed by atoms with Crippen LogP contribution in [0.4, 0.5) is 0 Å². The molecule has 1 nitrogen and oxygen atoms in total. The molecule has 0 spiro atoms. The number of aromatic nitrogens is 1. The van der Waals surface area contributed by atoms with Gasteiger partial charge in [-0.3, -0.25) is 0 Å². The van der Waals surface area contributed by atoms with Crippen molar-refractivity contribution in [3.05, 3.63) is 45.6 Å². The number of rotatable bonds is 0. The average Bonchev–Trinajstić information content (AvgIpc) is 2.60. The Morgan fingerprint density at radius 2 is 2.25 bits per heavy atom. The summed E-state index contributed by atoms with van der Waals surface area (Å²) in [4.78, 5) is 3.34. The lowest BCUT2D eigenvalue weighted by Crippen LogP contribution is -2.24. The first-order chi connectivity index (χ1) is 5.97. The summed E-state index contributed by atoms with van der Waals surface area (Å²) in [5.41, 5.74) is 7.93. The van der Waals surface area contributed by atoms with Gasteiger partial charge in [-0.1, -0.05) is 0 Å². The minimum absolute atomic E-state index is 0.751. The fraction of sp³-hybridized carbons (Fsp3) is 0.0909. The summed E-state index contributed by atoms with van der Waals surface area (Å²) in [5, 5.41) is 2.85. The van der Waals surface area contributed by atoms with Gasteiger partial charge >= 0.3 is 0 Å². The molecule has 1 fully saturated rings. The summed E-state index contributed by atoms with van der Waals surface area (Å²) in [7, 11) is 0. The Hall–Kier alpha value is -1.50. The van der Waals surface area contributed by atoms with Crippen molar-refractivity contribution in [1.29, 1.82) is 0 Å². The van der Waals surface area contributed by atoms with E-state index in [1.807, 2.05) is 0 Å². The van der Waals surface area contributed by atoms with E-state index in [1.165, 1.54) is 16.1 Å². The summed E-state index contributed by atoms with van der Waals surface area (Å²) < 4.78 is 0. The van der Waals surface area contributed by atoms with Crippen molar-refractivity contribution in [2.24, 2.45) is 5.92 Å². The van der Waals surface area contributed by atoms with E-state index in [1.54, 1.807) is 22.3 Å². The largest absolute Gasteiger partial charge is 0.361 e. The molecule has 0 radical (unpaired) electrons. The molecule has 0 amide bonds. The van der Waals surface area contributed by atoms with Gasteiger partial charge in [-0.15, -0.1) is 0 Å². The number of allylic oxidation sites excluding steroid dienone is 4. The van der Waals surface area contributed by atoms with Crippen molar-refractivity contribution < 1.29 is 0 Å². The number of nitrogens with one attached hydrogen (secondary N) is 1. The molecular weight excluding hydrogens is 146 g/mol. The summed E-state index contributed by atoms with van der Waals surface area (Å²) in [6.07, 6.45) is 4.43. The lowest BCUT2D eigenvalue weighted by atomic mass is 10.1. The molecule has 1 atom stereocenters. The third-order valence-electron chi connectivity index (χ3n) is 3.53. The zero-order valence-corrected chi connectivity index (χ0v) is 6.31. The van der Waals surface area contributed by atoms with Crippen molar-refractivity contribution in [3.63, 3.8) is 0 Å². The van der Waals surface area contributed by atoms with E-state index in [9.17, 15) is 0 Å². The van der Waals surface area contributed by atoms with Crippen LogP contribution in [-0.2, 0) is 0 Å². The second-order valence-corrected chi connectivity index (χ2v) is 3.92. The maximum absolute atomic E-state index is 3.34. The Morgan fingerprint density at radius 3 is 3.17 bits per heavy atom. The van der Waals surface area contributed by atoms with E-state index in [-0.39, 0.29) is 0 Å². The molecule has 1 saturated carbocycles. The van der Waals surface area contributed by atoms with Crippen LogP contribution in [0.25, 0.3) is 11.1 Å². The van der Waals surface area contributed by atoms with Gasteiger partial charge in [0.15, 0.2) is 0 Å². The number of H-pyrrole nitrogens is 1. The van der Waals surface area contributed by atoms with E-state index in [4.69, 9.17) is 0 Å². The molecule has 5 aliphatic rings. The highest BCUT2D eigenvalue weighted by Gasteiger charge is 2.56. The van der Waals surface area contributed by atoms with Gasteiger partial charge in [0, 0.05) is 17.3 Å². The molecule has 6 bridgehead atoms. The Kier molecular flexibility index (Phi) is 0.367. The van der Waals surface area contributed by atoms with Crippen LogP contribution in [0, 0.1) is 5.92 Å². The highest BCUT2D eigenvalue weighted by atomic mass is 14.7. The number of hydrogen-bond donors (Lipinski definition) is 1. The molecular formula is C11H5N. The second kappa shape index (κ2) is 0.977. The van der Waals surface area contributed by atoms with Crippen molar-refractivity contribution in [1.82, 2.24) is 4.98 Å². The van der Waals surface area contributed by atoms with Crippen LogP contribution in [-0.4, -0.2) is 4.98 Å². The first-order valence-electron chi connectivity index (χ1n) is 4.35. The second-order valence-electron chi connectivity index (χ2n) is 3.92. The molecule has 1 aromatic heterocycles. The van der Waals surface area contributed by atoms with Crippen LogP contribution < -0.4 is 10.6 Å². The van der Waals surface area contributed by atoms with Crippen LogP contribution in [0.1, 0.15) is 0 Å². The van der Waals surface area contributed by atoms with E-state index in [2.05, 4.69) is 23.3 Å². The lowest BCUT2D eigenvalue weighted by molar-refractivity contribution is 1.19. The first-order valence-corrected chi connectivity index (χ1v) is 4.35. The van der Waals surface area contributed by atoms with Crippen LogP contribution >= 0.6 is 0 Å². The van der Waals surface area contributed by atoms with Crippen LogP contribution in [0.15, 0.2) is 35.1 Å². The maximum Gasteiger partial charge on any atom is 0.0508 e. The molecule has 1 aromatic rings. The van der Waals surface area contributed by atoms with E-state index >= 15 is 0 Å². The van der Waals surface area contributed by atoms with Crippen molar-refractivity contribution in [2.45, 2.75) is 0 Å². The SMILES string of the molecule is C1=C2C3=c4cc[nH]c4=C2C2C1=C32. The Bertz CT molecular complexity index is 649. The number of hydrogen-bond acceptors (Lipinski definition) is 0. The maximum atomic E-state index is 3.34. The normalized spacial score (nSPS) is 30.3. The van der Waals surface area contributed by atoms with Crippen molar-refractivity contribution >= 4 is 11.1 Å². The van der Waals surface area contributed by atoms with Gasteiger partial charge < -0.3 is 4.98 Å². The third-order valence-corrected chi connectivity index (χ3v) is 3.53. The molecule has 1 unspecified atom stereocenters. The smallest absolute Gasteiger partial charge is 0.0508 e. The Labute approximate surface area is 68.4 Å². The standard InChI is InChI=1S/C11H5N/c1-2-12-11-4(1)7-5-3-6-8(7)9(6)10(5)11/h1-3,9,12H. The van der Waals surface area contributed by atoms with Crippen LogP contribution in [0.3, 0.4) is 0 Å². The predicted octanol–water partition coefficient (Wildman–Crippen LogP) is 0.210. The topological polar surface area (TPSA) is 15.8 Å². The van der Waals surface area contributed by atoms with Crippen molar-refractivity contribution in [3.8, 4) is 0 Å². The Balaban J connectivity index is 2.37. The van der Waals surface area contributed by atoms with Gasteiger partial charge in [-0.05, 0) is 40.0 Å². The molecule has 6 rings (SSSR count).